The third-order valence-electron chi connectivity index (χ3n) is 6.53. The molecule has 0 aromatic heterocycles. The fourth-order valence-corrected chi connectivity index (χ4v) is 4.69. The first-order valence-corrected chi connectivity index (χ1v) is 12.5. The van der Waals surface area contributed by atoms with Gasteiger partial charge in [-0.15, -0.1) is 0 Å². The minimum absolute atomic E-state index is 0.0136. The number of ketones is 1. The molecule has 0 aliphatic carbocycles. The van der Waals surface area contributed by atoms with Gasteiger partial charge >= 0.3 is 0 Å². The molecule has 192 valence electrons. The average Bonchev–Trinajstić information content (AvgIpc) is 3.20. The molecule has 3 aromatic rings. The van der Waals surface area contributed by atoms with Crippen LogP contribution in [-0.2, 0) is 9.59 Å². The van der Waals surface area contributed by atoms with Gasteiger partial charge in [-0.3, -0.25) is 14.5 Å². The van der Waals surface area contributed by atoms with Crippen LogP contribution in [0.25, 0.3) is 5.76 Å². The van der Waals surface area contributed by atoms with Crippen molar-refractivity contribution in [1.29, 1.82) is 0 Å². The van der Waals surface area contributed by atoms with Crippen LogP contribution in [-0.4, -0.2) is 43.6 Å². The highest BCUT2D eigenvalue weighted by molar-refractivity contribution is 6.51. The van der Waals surface area contributed by atoms with Crippen LogP contribution in [0, 0.1) is 0 Å². The summed E-state index contributed by atoms with van der Waals surface area (Å²) in [7, 11) is 1.56. The summed E-state index contributed by atoms with van der Waals surface area (Å²) >= 11 is 0. The van der Waals surface area contributed by atoms with Crippen molar-refractivity contribution in [2.24, 2.45) is 0 Å². The molecule has 1 heterocycles. The second-order valence-electron chi connectivity index (χ2n) is 8.60. The molecule has 1 unspecified atom stereocenters. The largest absolute Gasteiger partial charge is 0.507 e. The smallest absolute Gasteiger partial charge is 0.300 e. The molecule has 1 saturated heterocycles. The molecule has 7 nitrogen and oxygen atoms in total. The Morgan fingerprint density at radius 2 is 1.59 bits per heavy atom. The summed E-state index contributed by atoms with van der Waals surface area (Å²) in [5.74, 6) is -0.565. The number of hydrogen-bond donors (Lipinski definition) is 1. The molecule has 0 spiro atoms. The molecule has 3 aromatic carbocycles. The Balaban J connectivity index is 1.88. The van der Waals surface area contributed by atoms with E-state index in [9.17, 15) is 14.7 Å². The molecule has 0 radical (unpaired) electrons. The van der Waals surface area contributed by atoms with Crippen LogP contribution in [0.15, 0.2) is 78.4 Å². The van der Waals surface area contributed by atoms with Gasteiger partial charge in [0.2, 0.25) is 0 Å². The average molecular weight is 501 g/mol. The van der Waals surface area contributed by atoms with Crippen LogP contribution < -0.4 is 19.3 Å². The van der Waals surface area contributed by atoms with Gasteiger partial charge in [0, 0.05) is 30.0 Å². The van der Waals surface area contributed by atoms with Crippen molar-refractivity contribution in [1.82, 2.24) is 0 Å². The maximum Gasteiger partial charge on any atom is 0.300 e. The number of carbonyl (C=O) groups excluding carboxylic acids is 2. The lowest BCUT2D eigenvalue weighted by atomic mass is 9.95. The van der Waals surface area contributed by atoms with Crippen LogP contribution in [0.1, 0.15) is 37.9 Å². The summed E-state index contributed by atoms with van der Waals surface area (Å²) < 4.78 is 11.0. The van der Waals surface area contributed by atoms with Crippen molar-refractivity contribution < 1.29 is 24.2 Å². The molecule has 37 heavy (non-hydrogen) atoms. The number of carbonyl (C=O) groups is 2. The van der Waals surface area contributed by atoms with Crippen LogP contribution >= 0.6 is 0 Å². The van der Waals surface area contributed by atoms with Crippen molar-refractivity contribution in [3.63, 3.8) is 0 Å². The topological polar surface area (TPSA) is 79.3 Å². The van der Waals surface area contributed by atoms with E-state index in [-0.39, 0.29) is 11.3 Å². The van der Waals surface area contributed by atoms with Gasteiger partial charge < -0.3 is 19.5 Å². The highest BCUT2D eigenvalue weighted by Crippen LogP contribution is 2.43. The molecule has 0 saturated carbocycles. The van der Waals surface area contributed by atoms with Crippen LogP contribution in [0.2, 0.25) is 0 Å². The first kappa shape index (κ1) is 25.8. The van der Waals surface area contributed by atoms with Gasteiger partial charge in [-0.25, -0.2) is 0 Å². The van der Waals surface area contributed by atoms with E-state index in [1.807, 2.05) is 37.3 Å². The zero-order valence-corrected chi connectivity index (χ0v) is 21.6. The SMILES string of the molecule is CCOc1cccc(/C(O)=C2/C(=O)C(=O)N(c3ccc(N(CC)CC)cc3)C2c2cccc(OC)c2)c1. The van der Waals surface area contributed by atoms with Gasteiger partial charge in [0.15, 0.2) is 0 Å². The Bertz CT molecular complexity index is 1310. The summed E-state index contributed by atoms with van der Waals surface area (Å²) in [5.41, 5.74) is 2.64. The molecular weight excluding hydrogens is 468 g/mol. The highest BCUT2D eigenvalue weighted by atomic mass is 16.5. The van der Waals surface area contributed by atoms with E-state index in [0.717, 1.165) is 18.8 Å². The zero-order valence-electron chi connectivity index (χ0n) is 21.6. The molecule has 4 rings (SSSR count). The summed E-state index contributed by atoms with van der Waals surface area (Å²) in [6.07, 6.45) is 0. The van der Waals surface area contributed by atoms with E-state index >= 15 is 0 Å². The van der Waals surface area contributed by atoms with E-state index in [4.69, 9.17) is 9.47 Å². The van der Waals surface area contributed by atoms with Gasteiger partial charge in [-0.05, 0) is 74.9 Å². The molecule has 7 heteroatoms. The number of methoxy groups -OCH3 is 1. The summed E-state index contributed by atoms with van der Waals surface area (Å²) in [4.78, 5) is 30.5. The number of Topliss-reactive ketones (excluding diaryl/α,β-unsaturated/α-hetero) is 1. The highest BCUT2D eigenvalue weighted by Gasteiger charge is 2.47. The third kappa shape index (κ3) is 5.03. The maximum absolute atomic E-state index is 13.5. The lowest BCUT2D eigenvalue weighted by Crippen LogP contribution is -2.29. The molecule has 1 aliphatic heterocycles. The standard InChI is InChI=1S/C30H32N2O5/c1-5-31(6-2)22-14-16-23(17-15-22)32-27(20-10-8-12-24(18-20)36-4)26(29(34)30(32)35)28(33)21-11-9-13-25(19-21)37-7-3/h8-19,27,33H,5-7H2,1-4H3/b28-26-. The van der Waals surface area contributed by atoms with E-state index in [2.05, 4.69) is 18.7 Å². The van der Waals surface area contributed by atoms with Crippen molar-refractivity contribution >= 4 is 28.8 Å². The lowest BCUT2D eigenvalue weighted by molar-refractivity contribution is -0.132. The summed E-state index contributed by atoms with van der Waals surface area (Å²) in [6, 6.07) is 20.8. The fraction of sp³-hybridized carbons (Fsp3) is 0.267. The van der Waals surface area contributed by atoms with Gasteiger partial charge in [-0.2, -0.15) is 0 Å². The van der Waals surface area contributed by atoms with Gasteiger partial charge in [-0.1, -0.05) is 24.3 Å². The number of benzene rings is 3. The monoisotopic (exact) mass is 500 g/mol. The number of rotatable bonds is 9. The number of aliphatic hydroxyl groups is 1. The Morgan fingerprint density at radius 3 is 2.24 bits per heavy atom. The van der Waals surface area contributed by atoms with E-state index < -0.39 is 17.7 Å². The zero-order chi connectivity index (χ0) is 26.5. The second kappa shape index (κ2) is 11.2. The van der Waals surface area contributed by atoms with Crippen molar-refractivity contribution in [3.8, 4) is 11.5 Å². The normalized spacial score (nSPS) is 16.6. The van der Waals surface area contributed by atoms with Crippen molar-refractivity contribution in [3.05, 3.63) is 89.5 Å². The number of ether oxygens (including phenoxy) is 2. The molecule has 0 bridgehead atoms. The van der Waals surface area contributed by atoms with E-state index in [1.165, 1.54) is 4.90 Å². The second-order valence-corrected chi connectivity index (χ2v) is 8.60. The number of hydrogen-bond acceptors (Lipinski definition) is 6. The van der Waals surface area contributed by atoms with Gasteiger partial charge in [0.05, 0.1) is 25.3 Å². The third-order valence-corrected chi connectivity index (χ3v) is 6.53. The number of anilines is 2. The maximum atomic E-state index is 13.5. The molecule has 1 N–H and O–H groups in total. The lowest BCUT2D eigenvalue weighted by Gasteiger charge is -2.27. The first-order chi connectivity index (χ1) is 17.9. The number of aliphatic hydroxyl groups excluding tert-OH is 1. The van der Waals surface area contributed by atoms with Crippen molar-refractivity contribution in [2.45, 2.75) is 26.8 Å². The minimum atomic E-state index is -0.842. The molecule has 1 aliphatic rings. The van der Waals surface area contributed by atoms with E-state index in [0.29, 0.717) is 34.9 Å². The molecule has 1 amide bonds. The Labute approximate surface area is 217 Å². The molecule has 1 fully saturated rings. The van der Waals surface area contributed by atoms with Gasteiger partial charge in [0.1, 0.15) is 17.3 Å². The predicted molar refractivity (Wildman–Crippen MR) is 145 cm³/mol. The molecular formula is C30H32N2O5. The summed E-state index contributed by atoms with van der Waals surface area (Å²) in [5, 5.41) is 11.4. The predicted octanol–water partition coefficient (Wildman–Crippen LogP) is 5.57. The van der Waals surface area contributed by atoms with E-state index in [1.54, 1.807) is 49.6 Å². The first-order valence-electron chi connectivity index (χ1n) is 12.5. The fourth-order valence-electron chi connectivity index (χ4n) is 4.69. The Hall–Kier alpha value is -4.26. The Kier molecular flexibility index (Phi) is 7.82. The molecule has 1 atom stereocenters. The van der Waals surface area contributed by atoms with Gasteiger partial charge in [0.25, 0.3) is 11.7 Å². The minimum Gasteiger partial charge on any atom is -0.507 e. The van der Waals surface area contributed by atoms with Crippen molar-refractivity contribution in [2.75, 3.05) is 36.6 Å². The van der Waals surface area contributed by atoms with Crippen LogP contribution in [0.5, 0.6) is 11.5 Å². The summed E-state index contributed by atoms with van der Waals surface area (Å²) in [6.45, 7) is 8.20. The number of amides is 1. The Morgan fingerprint density at radius 1 is 0.919 bits per heavy atom. The quantitative estimate of drug-likeness (QED) is 0.235. The van der Waals surface area contributed by atoms with Crippen LogP contribution in [0.3, 0.4) is 0 Å². The number of nitrogens with zero attached hydrogens (tertiary/aromatic N) is 2. The van der Waals surface area contributed by atoms with Crippen LogP contribution in [0.4, 0.5) is 11.4 Å².